The molecule has 33 heavy (non-hydrogen) atoms. The number of nitrogens with zero attached hydrogens (tertiary/aromatic N) is 3. The fourth-order valence-corrected chi connectivity index (χ4v) is 3.77. The third-order valence-electron chi connectivity index (χ3n) is 5.59. The van der Waals surface area contributed by atoms with Gasteiger partial charge >= 0.3 is 5.97 Å². The highest BCUT2D eigenvalue weighted by atomic mass is 16.5. The fourth-order valence-electron chi connectivity index (χ4n) is 3.77. The van der Waals surface area contributed by atoms with Crippen molar-refractivity contribution < 1.29 is 13.9 Å². The van der Waals surface area contributed by atoms with Crippen LogP contribution < -0.4 is 5.32 Å². The minimum absolute atomic E-state index is 0.168. The summed E-state index contributed by atoms with van der Waals surface area (Å²) in [5.41, 5.74) is 4.36. The zero-order chi connectivity index (χ0) is 23.0. The first-order chi connectivity index (χ1) is 16.2. The minimum atomic E-state index is -0.168. The van der Waals surface area contributed by atoms with Crippen LogP contribution in [0.15, 0.2) is 59.4 Å². The van der Waals surface area contributed by atoms with Gasteiger partial charge in [0.1, 0.15) is 17.9 Å². The number of carbonyl (C=O) groups excluding carboxylic acids is 1. The van der Waals surface area contributed by atoms with Crippen molar-refractivity contribution in [3.05, 3.63) is 60.6 Å². The Labute approximate surface area is 193 Å². The molecule has 0 aliphatic heterocycles. The molecule has 3 aromatic heterocycles. The number of methoxy groups -OCH3 is 1. The van der Waals surface area contributed by atoms with Crippen molar-refractivity contribution in [1.82, 2.24) is 15.0 Å². The van der Waals surface area contributed by atoms with Crippen LogP contribution >= 0.6 is 0 Å². The van der Waals surface area contributed by atoms with Crippen molar-refractivity contribution in [2.45, 2.75) is 39.0 Å². The van der Waals surface area contributed by atoms with Gasteiger partial charge in [-0.15, -0.1) is 0 Å². The second-order valence-corrected chi connectivity index (χ2v) is 7.79. The molecule has 0 bridgehead atoms. The van der Waals surface area contributed by atoms with Gasteiger partial charge in [0.15, 0.2) is 0 Å². The maximum absolute atomic E-state index is 11.3. The predicted octanol–water partition coefficient (Wildman–Crippen LogP) is 5.66. The molecule has 170 valence electrons. The number of aryl methyl sites for hydroxylation is 1. The van der Waals surface area contributed by atoms with E-state index in [0.29, 0.717) is 12.1 Å². The summed E-state index contributed by atoms with van der Waals surface area (Å²) in [5.74, 6) is 1.28. The summed E-state index contributed by atoms with van der Waals surface area (Å²) in [5, 5.41) is 4.25. The number of unbranched alkanes of at least 4 members (excludes halogenated alkanes) is 2. The largest absolute Gasteiger partial charge is 0.469 e. The molecule has 0 radical (unpaired) electrons. The minimum Gasteiger partial charge on any atom is -0.469 e. The number of benzene rings is 1. The third kappa shape index (κ3) is 5.19. The van der Waals surface area contributed by atoms with Crippen LogP contribution in [0.5, 0.6) is 0 Å². The molecule has 0 fully saturated rings. The molecule has 0 aliphatic rings. The lowest BCUT2D eigenvalue weighted by Crippen LogP contribution is -2.05. The number of pyridine rings is 1. The molecule has 0 atom stereocenters. The first kappa shape index (κ1) is 22.5. The lowest BCUT2D eigenvalue weighted by atomic mass is 10.0. The highest BCUT2D eigenvalue weighted by Gasteiger charge is 2.22. The lowest BCUT2D eigenvalue weighted by Gasteiger charge is -2.08. The van der Waals surface area contributed by atoms with Gasteiger partial charge in [0.05, 0.1) is 23.8 Å². The molecule has 0 saturated heterocycles. The van der Waals surface area contributed by atoms with Crippen molar-refractivity contribution in [3.63, 3.8) is 0 Å². The summed E-state index contributed by atoms with van der Waals surface area (Å²) < 4.78 is 10.9. The maximum Gasteiger partial charge on any atom is 0.305 e. The normalized spacial score (nSPS) is 11.0. The zero-order valence-corrected chi connectivity index (χ0v) is 19.0. The number of ether oxygens (including phenoxy) is 1. The van der Waals surface area contributed by atoms with Crippen molar-refractivity contribution in [2.24, 2.45) is 0 Å². The van der Waals surface area contributed by atoms with Crippen LogP contribution in [0.2, 0.25) is 0 Å². The van der Waals surface area contributed by atoms with Gasteiger partial charge in [-0.2, -0.15) is 0 Å². The summed E-state index contributed by atoms with van der Waals surface area (Å²) in [7, 11) is 1.42. The second kappa shape index (κ2) is 10.7. The molecule has 0 amide bonds. The van der Waals surface area contributed by atoms with E-state index in [-0.39, 0.29) is 5.97 Å². The van der Waals surface area contributed by atoms with Crippen molar-refractivity contribution in [3.8, 4) is 22.6 Å². The molecule has 4 rings (SSSR count). The van der Waals surface area contributed by atoms with Gasteiger partial charge in [-0.3, -0.25) is 9.78 Å². The monoisotopic (exact) mass is 444 g/mol. The van der Waals surface area contributed by atoms with E-state index in [1.807, 2.05) is 42.6 Å². The van der Waals surface area contributed by atoms with Crippen LogP contribution in [0.25, 0.3) is 33.7 Å². The molecular weight excluding hydrogens is 416 g/mol. The molecule has 7 heteroatoms. The Balaban J connectivity index is 1.66. The summed E-state index contributed by atoms with van der Waals surface area (Å²) >= 11 is 0. The van der Waals surface area contributed by atoms with Gasteiger partial charge in [-0.05, 0) is 30.9 Å². The van der Waals surface area contributed by atoms with Gasteiger partial charge in [0.25, 0.3) is 0 Å². The number of esters is 1. The fraction of sp³-hybridized carbons (Fsp3) is 0.308. The smallest absolute Gasteiger partial charge is 0.305 e. The topological polar surface area (TPSA) is 90.1 Å². The molecule has 3 heterocycles. The summed E-state index contributed by atoms with van der Waals surface area (Å²) in [4.78, 5) is 24.9. The molecule has 7 nitrogen and oxygen atoms in total. The Morgan fingerprint density at radius 3 is 2.61 bits per heavy atom. The number of fused-ring (bicyclic) bond motifs is 1. The van der Waals surface area contributed by atoms with Crippen LogP contribution in [0, 0.1) is 0 Å². The van der Waals surface area contributed by atoms with Gasteiger partial charge in [0.2, 0.25) is 5.71 Å². The summed E-state index contributed by atoms with van der Waals surface area (Å²) in [6.45, 7) is 2.83. The van der Waals surface area contributed by atoms with Gasteiger partial charge < -0.3 is 14.5 Å². The molecular formula is C26H28N4O3. The van der Waals surface area contributed by atoms with E-state index in [4.69, 9.17) is 14.1 Å². The van der Waals surface area contributed by atoms with Gasteiger partial charge in [0, 0.05) is 24.7 Å². The number of carbonyl (C=O) groups is 1. The maximum atomic E-state index is 11.3. The van der Waals surface area contributed by atoms with Crippen molar-refractivity contribution in [1.29, 1.82) is 0 Å². The van der Waals surface area contributed by atoms with Crippen molar-refractivity contribution >= 4 is 22.9 Å². The Kier molecular flexibility index (Phi) is 7.29. The average Bonchev–Trinajstić information content (AvgIpc) is 3.27. The highest BCUT2D eigenvalue weighted by Crippen LogP contribution is 2.41. The van der Waals surface area contributed by atoms with E-state index in [1.165, 1.54) is 19.0 Å². The van der Waals surface area contributed by atoms with Gasteiger partial charge in [-0.1, -0.05) is 49.7 Å². The lowest BCUT2D eigenvalue weighted by molar-refractivity contribution is -0.140. The molecule has 1 aromatic carbocycles. The molecule has 1 N–H and O–H groups in total. The first-order valence-corrected chi connectivity index (χ1v) is 11.3. The zero-order valence-electron chi connectivity index (χ0n) is 19.0. The number of hydrogen-bond donors (Lipinski definition) is 1. The number of furan rings is 1. The Bertz CT molecular complexity index is 1200. The van der Waals surface area contributed by atoms with Crippen LogP contribution in [0.1, 0.15) is 38.2 Å². The SMILES string of the molecule is CCc1ccc(-c2c(-c3ccccc3)oc3ncnc(NCCCCCC(=O)OC)c23)nc1. The number of nitrogens with one attached hydrogen (secondary N) is 1. The van der Waals surface area contributed by atoms with E-state index in [1.54, 1.807) is 0 Å². The van der Waals surface area contributed by atoms with E-state index >= 15 is 0 Å². The van der Waals surface area contributed by atoms with E-state index in [0.717, 1.165) is 66.0 Å². The molecule has 0 unspecified atom stereocenters. The van der Waals surface area contributed by atoms with Crippen LogP contribution in [-0.4, -0.2) is 34.6 Å². The number of anilines is 1. The average molecular weight is 445 g/mol. The molecule has 0 spiro atoms. The van der Waals surface area contributed by atoms with Crippen LogP contribution in [0.3, 0.4) is 0 Å². The van der Waals surface area contributed by atoms with Gasteiger partial charge in [-0.25, -0.2) is 9.97 Å². The van der Waals surface area contributed by atoms with Crippen molar-refractivity contribution in [2.75, 3.05) is 19.0 Å². The molecule has 0 saturated carbocycles. The van der Waals surface area contributed by atoms with E-state index in [9.17, 15) is 4.79 Å². The van der Waals surface area contributed by atoms with Crippen LogP contribution in [0.4, 0.5) is 5.82 Å². The van der Waals surface area contributed by atoms with E-state index < -0.39 is 0 Å². The number of rotatable bonds is 10. The van der Waals surface area contributed by atoms with Crippen LogP contribution in [-0.2, 0) is 16.0 Å². The summed E-state index contributed by atoms with van der Waals surface area (Å²) in [6, 6.07) is 14.1. The van der Waals surface area contributed by atoms with E-state index in [2.05, 4.69) is 28.3 Å². The Morgan fingerprint density at radius 2 is 1.88 bits per heavy atom. The quantitative estimate of drug-likeness (QED) is 0.249. The Hall–Kier alpha value is -3.74. The molecule has 4 aromatic rings. The Morgan fingerprint density at radius 1 is 1.03 bits per heavy atom. The summed E-state index contributed by atoms with van der Waals surface area (Å²) in [6.07, 6.45) is 7.42. The standard InChI is InChI=1S/C26H28N4O3/c1-3-18-13-14-20(28-16-18)22-23-25(27-15-9-5-8-12-21(31)32-2)29-17-30-26(23)33-24(22)19-10-6-4-7-11-19/h4,6-7,10-11,13-14,16-17H,3,5,8-9,12,15H2,1-2H3,(H,27,29,30). The molecule has 0 aliphatic carbocycles. The second-order valence-electron chi connectivity index (χ2n) is 7.79. The number of hydrogen-bond acceptors (Lipinski definition) is 7. The number of aromatic nitrogens is 3. The first-order valence-electron chi connectivity index (χ1n) is 11.3. The highest BCUT2D eigenvalue weighted by molar-refractivity contribution is 6.05. The predicted molar refractivity (Wildman–Crippen MR) is 129 cm³/mol. The third-order valence-corrected chi connectivity index (χ3v) is 5.59.